The third-order valence-corrected chi connectivity index (χ3v) is 6.19. The smallest absolute Gasteiger partial charge is 0.270 e. The molecule has 1 saturated carbocycles. The van der Waals surface area contributed by atoms with E-state index in [1.165, 1.54) is 0 Å². The van der Waals surface area contributed by atoms with Crippen LogP contribution in [-0.4, -0.2) is 39.8 Å². The Labute approximate surface area is 170 Å². The maximum Gasteiger partial charge on any atom is 0.270 e. The predicted molar refractivity (Wildman–Crippen MR) is 109 cm³/mol. The average Bonchev–Trinajstić information content (AvgIpc) is 2.93. The van der Waals surface area contributed by atoms with E-state index in [1.54, 1.807) is 10.7 Å². The molecular formula is C22H28N4O3. The molecule has 1 aromatic heterocycles. The molecule has 1 spiro atoms. The molecule has 0 bridgehead atoms. The van der Waals surface area contributed by atoms with E-state index < -0.39 is 5.60 Å². The molecule has 1 fully saturated rings. The average molecular weight is 396 g/mol. The standard InChI is InChI=1S/C22H28N4O3/c1-4-17-14(2)19(26(3)25-17)21(28)24-15-9-11-22(12-10-15)13-23-20(27)16-7-5-6-8-18(16)29-22/h5-8,15H,4,9-13H2,1-3H3,(H,23,27)(H,24,28). The third kappa shape index (κ3) is 3.61. The fourth-order valence-electron chi connectivity index (χ4n) is 4.51. The number of benzene rings is 1. The normalized spacial score (nSPS) is 23.7. The van der Waals surface area contributed by atoms with E-state index in [2.05, 4.69) is 15.7 Å². The van der Waals surface area contributed by atoms with E-state index in [0.717, 1.165) is 43.4 Å². The van der Waals surface area contributed by atoms with E-state index in [4.69, 9.17) is 4.74 Å². The molecule has 2 heterocycles. The maximum atomic E-state index is 12.9. The summed E-state index contributed by atoms with van der Waals surface area (Å²) < 4.78 is 8.01. The Morgan fingerprint density at radius 3 is 2.76 bits per heavy atom. The molecule has 2 aromatic rings. The minimum Gasteiger partial charge on any atom is -0.485 e. The molecule has 154 valence electrons. The number of para-hydroxylation sites is 1. The largest absolute Gasteiger partial charge is 0.485 e. The van der Waals surface area contributed by atoms with Gasteiger partial charge in [0.05, 0.1) is 17.8 Å². The number of hydrogen-bond acceptors (Lipinski definition) is 4. The Balaban J connectivity index is 1.43. The van der Waals surface area contributed by atoms with Crippen molar-refractivity contribution in [3.8, 4) is 5.75 Å². The second-order valence-corrected chi connectivity index (χ2v) is 8.11. The van der Waals surface area contributed by atoms with Crippen molar-refractivity contribution in [2.45, 2.75) is 57.6 Å². The maximum absolute atomic E-state index is 12.9. The van der Waals surface area contributed by atoms with Crippen LogP contribution in [0.15, 0.2) is 24.3 Å². The van der Waals surface area contributed by atoms with Crippen LogP contribution in [0.2, 0.25) is 0 Å². The van der Waals surface area contributed by atoms with Gasteiger partial charge in [-0.05, 0) is 51.2 Å². The molecule has 7 heteroatoms. The Morgan fingerprint density at radius 2 is 2.07 bits per heavy atom. The molecule has 4 rings (SSSR count). The van der Waals surface area contributed by atoms with Crippen LogP contribution in [0.4, 0.5) is 0 Å². The topological polar surface area (TPSA) is 85.3 Å². The fraction of sp³-hybridized carbons (Fsp3) is 0.500. The lowest BCUT2D eigenvalue weighted by atomic mass is 9.81. The van der Waals surface area contributed by atoms with Crippen molar-refractivity contribution >= 4 is 11.8 Å². The summed E-state index contributed by atoms with van der Waals surface area (Å²) in [4.78, 5) is 25.2. The zero-order valence-corrected chi connectivity index (χ0v) is 17.2. The third-order valence-electron chi connectivity index (χ3n) is 6.19. The number of nitrogens with one attached hydrogen (secondary N) is 2. The second-order valence-electron chi connectivity index (χ2n) is 8.11. The summed E-state index contributed by atoms with van der Waals surface area (Å²) in [7, 11) is 1.82. The summed E-state index contributed by atoms with van der Waals surface area (Å²) >= 11 is 0. The molecule has 1 aliphatic heterocycles. The Morgan fingerprint density at radius 1 is 1.34 bits per heavy atom. The number of amides is 2. The lowest BCUT2D eigenvalue weighted by Gasteiger charge is -2.39. The van der Waals surface area contributed by atoms with Crippen LogP contribution in [0, 0.1) is 6.92 Å². The second kappa shape index (κ2) is 7.54. The molecule has 7 nitrogen and oxygen atoms in total. The van der Waals surface area contributed by atoms with Gasteiger partial charge in [-0.1, -0.05) is 19.1 Å². The van der Waals surface area contributed by atoms with Crippen molar-refractivity contribution in [2.24, 2.45) is 7.05 Å². The first-order chi connectivity index (χ1) is 13.9. The van der Waals surface area contributed by atoms with Crippen molar-refractivity contribution < 1.29 is 14.3 Å². The van der Waals surface area contributed by atoms with Gasteiger partial charge >= 0.3 is 0 Å². The molecule has 0 unspecified atom stereocenters. The molecule has 1 aliphatic carbocycles. The number of ether oxygens (including phenoxy) is 1. The molecule has 0 atom stereocenters. The van der Waals surface area contributed by atoms with Crippen molar-refractivity contribution in [2.75, 3.05) is 6.54 Å². The van der Waals surface area contributed by atoms with Crippen molar-refractivity contribution in [1.82, 2.24) is 20.4 Å². The number of carbonyl (C=O) groups excluding carboxylic acids is 2. The molecule has 2 N–H and O–H groups in total. The van der Waals surface area contributed by atoms with Crippen LogP contribution in [0.5, 0.6) is 5.75 Å². The molecule has 2 amide bonds. The lowest BCUT2D eigenvalue weighted by molar-refractivity contribution is 0.0260. The van der Waals surface area contributed by atoms with E-state index in [-0.39, 0.29) is 17.9 Å². The summed E-state index contributed by atoms with van der Waals surface area (Å²) in [5, 5.41) is 10.6. The first-order valence-corrected chi connectivity index (χ1v) is 10.3. The summed E-state index contributed by atoms with van der Waals surface area (Å²) in [5.74, 6) is 0.479. The quantitative estimate of drug-likeness (QED) is 0.835. The van der Waals surface area contributed by atoms with Gasteiger partial charge in [0, 0.05) is 18.7 Å². The zero-order chi connectivity index (χ0) is 20.6. The molecule has 2 aliphatic rings. The minimum atomic E-state index is -0.415. The van der Waals surface area contributed by atoms with Gasteiger partial charge in [0.15, 0.2) is 0 Å². The monoisotopic (exact) mass is 396 g/mol. The molecule has 0 saturated heterocycles. The predicted octanol–water partition coefficient (Wildman–Crippen LogP) is 2.52. The SMILES string of the molecule is CCc1nn(C)c(C(=O)NC2CCC3(CC2)CNC(=O)c2ccccc2O3)c1C. The van der Waals surface area contributed by atoms with Crippen LogP contribution < -0.4 is 15.4 Å². The van der Waals surface area contributed by atoms with Crippen LogP contribution in [0.3, 0.4) is 0 Å². The van der Waals surface area contributed by atoms with Crippen molar-refractivity contribution in [3.63, 3.8) is 0 Å². The molecule has 0 radical (unpaired) electrons. The van der Waals surface area contributed by atoms with Gasteiger partial charge in [0.2, 0.25) is 0 Å². The number of aromatic nitrogens is 2. The Bertz CT molecular complexity index is 942. The number of aryl methyl sites for hydroxylation is 2. The molecule has 29 heavy (non-hydrogen) atoms. The van der Waals surface area contributed by atoms with E-state index in [1.807, 2.05) is 39.1 Å². The number of carbonyl (C=O) groups is 2. The van der Waals surface area contributed by atoms with E-state index >= 15 is 0 Å². The van der Waals surface area contributed by atoms with Gasteiger partial charge in [-0.3, -0.25) is 14.3 Å². The van der Waals surface area contributed by atoms with Gasteiger partial charge in [-0.15, -0.1) is 0 Å². The number of rotatable bonds is 3. The summed E-state index contributed by atoms with van der Waals surface area (Å²) in [6.45, 7) is 4.49. The highest BCUT2D eigenvalue weighted by molar-refractivity contribution is 5.97. The fourth-order valence-corrected chi connectivity index (χ4v) is 4.51. The van der Waals surface area contributed by atoms with Crippen molar-refractivity contribution in [1.29, 1.82) is 0 Å². The van der Waals surface area contributed by atoms with Gasteiger partial charge in [0.1, 0.15) is 17.0 Å². The summed E-state index contributed by atoms with van der Waals surface area (Å²) in [5.41, 5.74) is 2.71. The van der Waals surface area contributed by atoms with Gasteiger partial charge < -0.3 is 15.4 Å². The zero-order valence-electron chi connectivity index (χ0n) is 17.2. The number of hydrogen-bond donors (Lipinski definition) is 2. The number of fused-ring (bicyclic) bond motifs is 1. The van der Waals surface area contributed by atoms with Crippen molar-refractivity contribution in [3.05, 3.63) is 46.8 Å². The Hall–Kier alpha value is -2.83. The highest BCUT2D eigenvalue weighted by Gasteiger charge is 2.40. The van der Waals surface area contributed by atoms with Gasteiger partial charge in [0.25, 0.3) is 11.8 Å². The first-order valence-electron chi connectivity index (χ1n) is 10.3. The highest BCUT2D eigenvalue weighted by atomic mass is 16.5. The van der Waals surface area contributed by atoms with Crippen LogP contribution in [0.25, 0.3) is 0 Å². The van der Waals surface area contributed by atoms with E-state index in [9.17, 15) is 9.59 Å². The number of nitrogens with zero attached hydrogens (tertiary/aromatic N) is 2. The van der Waals surface area contributed by atoms with Crippen LogP contribution >= 0.6 is 0 Å². The summed E-state index contributed by atoms with van der Waals surface area (Å²) in [6, 6.07) is 7.46. The first kappa shape index (κ1) is 19.5. The Kier molecular flexibility index (Phi) is 5.06. The summed E-state index contributed by atoms with van der Waals surface area (Å²) in [6.07, 6.45) is 3.97. The van der Waals surface area contributed by atoms with Crippen LogP contribution in [-0.2, 0) is 13.5 Å². The van der Waals surface area contributed by atoms with Gasteiger partial charge in [-0.2, -0.15) is 5.10 Å². The molecule has 1 aromatic carbocycles. The lowest BCUT2D eigenvalue weighted by Crippen LogP contribution is -2.51. The van der Waals surface area contributed by atoms with Gasteiger partial charge in [-0.25, -0.2) is 0 Å². The van der Waals surface area contributed by atoms with Crippen LogP contribution in [0.1, 0.15) is 64.7 Å². The van der Waals surface area contributed by atoms with E-state index in [0.29, 0.717) is 23.6 Å². The molecular weight excluding hydrogens is 368 g/mol. The highest BCUT2D eigenvalue weighted by Crippen LogP contribution is 2.36. The minimum absolute atomic E-state index is 0.0708.